The Balaban J connectivity index is 1.63. The summed E-state index contributed by atoms with van der Waals surface area (Å²) in [5, 5.41) is 11.8. The zero-order valence-corrected chi connectivity index (χ0v) is 12.3. The Kier molecular flexibility index (Phi) is 6.41. The van der Waals surface area contributed by atoms with Gasteiger partial charge in [-0.25, -0.2) is 0 Å². The van der Waals surface area contributed by atoms with Crippen molar-refractivity contribution < 1.29 is 24.2 Å². The number of piperidine rings is 1. The lowest BCUT2D eigenvalue weighted by Gasteiger charge is -2.33. The second-order valence-corrected chi connectivity index (χ2v) is 5.50. The summed E-state index contributed by atoms with van der Waals surface area (Å²) in [6.07, 6.45) is 2.06. The predicted molar refractivity (Wildman–Crippen MR) is 75.0 cm³/mol. The molecule has 2 rings (SSSR count). The molecule has 1 amide bonds. The van der Waals surface area contributed by atoms with Crippen LogP contribution in [-0.2, 0) is 19.1 Å². The van der Waals surface area contributed by atoms with E-state index in [1.54, 1.807) is 0 Å². The van der Waals surface area contributed by atoms with Crippen LogP contribution in [0.4, 0.5) is 0 Å². The Morgan fingerprint density at radius 1 is 1.33 bits per heavy atom. The second kappa shape index (κ2) is 8.31. The first-order chi connectivity index (χ1) is 10.1. The quantitative estimate of drug-likeness (QED) is 0.709. The highest BCUT2D eigenvalue weighted by Crippen LogP contribution is 2.16. The fourth-order valence-electron chi connectivity index (χ4n) is 2.66. The van der Waals surface area contributed by atoms with Gasteiger partial charge in [-0.15, -0.1) is 0 Å². The molecule has 2 aliphatic rings. The van der Waals surface area contributed by atoms with E-state index >= 15 is 0 Å². The monoisotopic (exact) mass is 300 g/mol. The van der Waals surface area contributed by atoms with E-state index in [4.69, 9.17) is 14.6 Å². The van der Waals surface area contributed by atoms with Gasteiger partial charge in [-0.3, -0.25) is 9.59 Å². The Hall–Kier alpha value is -1.18. The molecule has 0 saturated carbocycles. The standard InChI is InChI=1S/C14H24N2O5/c17-13(9-12-10-15-4-8-21-12)16-5-1-11(2-6-16)20-7-3-14(18)19/h11-12,15H,1-10H2,(H,18,19). The molecule has 0 spiro atoms. The number of carbonyl (C=O) groups is 2. The van der Waals surface area contributed by atoms with Crippen molar-refractivity contribution in [3.05, 3.63) is 0 Å². The van der Waals surface area contributed by atoms with Crippen molar-refractivity contribution in [2.24, 2.45) is 0 Å². The fraction of sp³-hybridized carbons (Fsp3) is 0.857. The third-order valence-electron chi connectivity index (χ3n) is 3.87. The summed E-state index contributed by atoms with van der Waals surface area (Å²) in [5.41, 5.74) is 0. The van der Waals surface area contributed by atoms with Gasteiger partial charge in [-0.1, -0.05) is 0 Å². The average Bonchev–Trinajstić information content (AvgIpc) is 2.48. The van der Waals surface area contributed by atoms with Gasteiger partial charge in [0.05, 0.1) is 38.3 Å². The second-order valence-electron chi connectivity index (χ2n) is 5.50. The van der Waals surface area contributed by atoms with Crippen LogP contribution in [0.25, 0.3) is 0 Å². The Bertz CT molecular complexity index is 349. The zero-order valence-electron chi connectivity index (χ0n) is 12.3. The number of aliphatic carboxylic acids is 1. The lowest BCUT2D eigenvalue weighted by Crippen LogP contribution is -2.45. The highest BCUT2D eigenvalue weighted by molar-refractivity contribution is 5.76. The maximum absolute atomic E-state index is 12.2. The van der Waals surface area contributed by atoms with E-state index in [1.807, 2.05) is 4.90 Å². The van der Waals surface area contributed by atoms with Gasteiger partial charge in [-0.2, -0.15) is 0 Å². The fourth-order valence-corrected chi connectivity index (χ4v) is 2.66. The summed E-state index contributed by atoms with van der Waals surface area (Å²) in [7, 11) is 0. The first-order valence-corrected chi connectivity index (χ1v) is 7.58. The van der Waals surface area contributed by atoms with E-state index < -0.39 is 5.97 Å². The van der Waals surface area contributed by atoms with Gasteiger partial charge < -0.3 is 24.8 Å². The number of amides is 1. The van der Waals surface area contributed by atoms with Crippen molar-refractivity contribution >= 4 is 11.9 Å². The lowest BCUT2D eigenvalue weighted by molar-refractivity contribution is -0.139. The molecule has 0 aromatic carbocycles. The maximum Gasteiger partial charge on any atom is 0.305 e. The van der Waals surface area contributed by atoms with Gasteiger partial charge in [0.1, 0.15) is 0 Å². The van der Waals surface area contributed by atoms with Crippen LogP contribution in [0.2, 0.25) is 0 Å². The predicted octanol–water partition coefficient (Wildman–Crippen LogP) is -0.153. The minimum absolute atomic E-state index is 0.0178. The number of ether oxygens (including phenoxy) is 2. The lowest BCUT2D eigenvalue weighted by atomic mass is 10.1. The Morgan fingerprint density at radius 2 is 2.10 bits per heavy atom. The number of hydrogen-bond donors (Lipinski definition) is 2. The largest absolute Gasteiger partial charge is 0.481 e. The van der Waals surface area contributed by atoms with Crippen LogP contribution in [0, 0.1) is 0 Å². The molecule has 0 aliphatic carbocycles. The van der Waals surface area contributed by atoms with Crippen molar-refractivity contribution in [3.8, 4) is 0 Å². The summed E-state index contributed by atoms with van der Waals surface area (Å²) in [5.74, 6) is -0.712. The van der Waals surface area contributed by atoms with Crippen LogP contribution in [0.15, 0.2) is 0 Å². The highest BCUT2D eigenvalue weighted by Gasteiger charge is 2.26. The molecule has 21 heavy (non-hydrogen) atoms. The Labute approximate surface area is 124 Å². The summed E-state index contributed by atoms with van der Waals surface area (Å²) < 4.78 is 11.1. The van der Waals surface area contributed by atoms with E-state index in [0.29, 0.717) is 26.1 Å². The molecule has 1 atom stereocenters. The van der Waals surface area contributed by atoms with Gasteiger partial charge in [0.15, 0.2) is 0 Å². The molecule has 2 aliphatic heterocycles. The molecule has 2 saturated heterocycles. The number of nitrogens with zero attached hydrogens (tertiary/aromatic N) is 1. The smallest absolute Gasteiger partial charge is 0.305 e. The van der Waals surface area contributed by atoms with Crippen molar-refractivity contribution in [1.82, 2.24) is 10.2 Å². The molecule has 2 heterocycles. The Morgan fingerprint density at radius 3 is 2.71 bits per heavy atom. The number of carboxylic acid groups (broad SMARTS) is 1. The van der Waals surface area contributed by atoms with Crippen LogP contribution in [-0.4, -0.2) is 73.5 Å². The SMILES string of the molecule is O=C(O)CCOC1CCN(C(=O)CC2CNCCO2)CC1. The molecular formula is C14H24N2O5. The van der Waals surface area contributed by atoms with Crippen LogP contribution < -0.4 is 5.32 Å². The first-order valence-electron chi connectivity index (χ1n) is 7.58. The molecule has 0 bridgehead atoms. The number of nitrogens with one attached hydrogen (secondary N) is 1. The zero-order chi connectivity index (χ0) is 15.1. The summed E-state index contributed by atoms with van der Waals surface area (Å²) in [4.78, 5) is 24.5. The van der Waals surface area contributed by atoms with Gasteiger partial charge in [0, 0.05) is 26.2 Å². The molecule has 2 fully saturated rings. The minimum atomic E-state index is -0.844. The molecule has 120 valence electrons. The molecule has 1 unspecified atom stereocenters. The third kappa shape index (κ3) is 5.61. The normalized spacial score (nSPS) is 24.0. The topological polar surface area (TPSA) is 88.1 Å². The van der Waals surface area contributed by atoms with E-state index in [1.165, 1.54) is 0 Å². The van der Waals surface area contributed by atoms with Crippen LogP contribution in [0.3, 0.4) is 0 Å². The number of likely N-dealkylation sites (tertiary alicyclic amines) is 1. The summed E-state index contributed by atoms with van der Waals surface area (Å²) in [6, 6.07) is 0. The van der Waals surface area contributed by atoms with Gasteiger partial charge in [0.2, 0.25) is 5.91 Å². The molecule has 7 nitrogen and oxygen atoms in total. The number of rotatable bonds is 6. The van der Waals surface area contributed by atoms with Crippen LogP contribution >= 0.6 is 0 Å². The van der Waals surface area contributed by atoms with E-state index in [2.05, 4.69) is 5.32 Å². The third-order valence-corrected chi connectivity index (χ3v) is 3.87. The van der Waals surface area contributed by atoms with Crippen molar-refractivity contribution in [2.75, 3.05) is 39.4 Å². The number of carbonyl (C=O) groups excluding carboxylic acids is 1. The molecular weight excluding hydrogens is 276 g/mol. The van der Waals surface area contributed by atoms with Gasteiger partial charge in [-0.05, 0) is 12.8 Å². The van der Waals surface area contributed by atoms with Crippen LogP contribution in [0.1, 0.15) is 25.7 Å². The molecule has 0 aromatic heterocycles. The first kappa shape index (κ1) is 16.2. The number of carboxylic acids is 1. The van der Waals surface area contributed by atoms with Crippen LogP contribution in [0.5, 0.6) is 0 Å². The van der Waals surface area contributed by atoms with E-state index in [9.17, 15) is 9.59 Å². The van der Waals surface area contributed by atoms with Crippen molar-refractivity contribution in [2.45, 2.75) is 37.9 Å². The number of morpholine rings is 1. The summed E-state index contributed by atoms with van der Waals surface area (Å²) in [6.45, 7) is 3.85. The van der Waals surface area contributed by atoms with Crippen molar-refractivity contribution in [3.63, 3.8) is 0 Å². The molecule has 7 heteroatoms. The average molecular weight is 300 g/mol. The maximum atomic E-state index is 12.2. The van der Waals surface area contributed by atoms with E-state index in [-0.39, 0.29) is 31.1 Å². The van der Waals surface area contributed by atoms with E-state index in [0.717, 1.165) is 25.9 Å². The minimum Gasteiger partial charge on any atom is -0.481 e. The highest BCUT2D eigenvalue weighted by atomic mass is 16.5. The number of hydrogen-bond acceptors (Lipinski definition) is 5. The van der Waals surface area contributed by atoms with Gasteiger partial charge >= 0.3 is 5.97 Å². The summed E-state index contributed by atoms with van der Waals surface area (Å²) >= 11 is 0. The van der Waals surface area contributed by atoms with Gasteiger partial charge in [0.25, 0.3) is 0 Å². The molecule has 0 aromatic rings. The molecule has 2 N–H and O–H groups in total. The molecule has 0 radical (unpaired) electrons. The van der Waals surface area contributed by atoms with Crippen molar-refractivity contribution in [1.29, 1.82) is 0 Å².